The second kappa shape index (κ2) is 5.62. The first-order valence-electron chi connectivity index (χ1n) is 4.31. The highest BCUT2D eigenvalue weighted by atomic mass is 127. The van der Waals surface area contributed by atoms with E-state index in [1.807, 2.05) is 22.6 Å². The minimum absolute atomic E-state index is 0.0467. The van der Waals surface area contributed by atoms with Crippen LogP contribution < -0.4 is 5.12 Å². The largest absolute Gasteiger partial charge is 0.477 e. The van der Waals surface area contributed by atoms with Crippen LogP contribution in [0.4, 0.5) is 10.2 Å². The fraction of sp³-hybridized carbons (Fsp3) is 0. The molecule has 0 saturated carbocycles. The number of carbonyl (C=O) groups is 2. The highest BCUT2D eigenvalue weighted by Crippen LogP contribution is 2.18. The van der Waals surface area contributed by atoms with E-state index in [1.54, 1.807) is 12.1 Å². The molecule has 0 atom stereocenters. The molecule has 17 heavy (non-hydrogen) atoms. The molecule has 5 nitrogen and oxygen atoms in total. The summed E-state index contributed by atoms with van der Waals surface area (Å²) in [5.74, 6) is -3.41. The van der Waals surface area contributed by atoms with E-state index in [1.165, 1.54) is 12.1 Å². The number of halogens is 2. The molecule has 0 radical (unpaired) electrons. The molecule has 0 unspecified atom stereocenters. The Morgan fingerprint density at radius 1 is 1.18 bits per heavy atom. The first-order valence-corrected chi connectivity index (χ1v) is 5.38. The molecule has 0 aliphatic rings. The quantitative estimate of drug-likeness (QED) is 0.285. The van der Waals surface area contributed by atoms with Gasteiger partial charge in [-0.1, -0.05) is 4.48 Å². The molecule has 0 aromatic heterocycles. The van der Waals surface area contributed by atoms with E-state index < -0.39 is 17.5 Å². The SMILES string of the molecule is O=C(O)C(=CN(F)c1ccc(I)cc1)C(=O)O. The Morgan fingerprint density at radius 2 is 1.65 bits per heavy atom. The molecular formula is C10H7FINO4. The summed E-state index contributed by atoms with van der Waals surface area (Å²) in [7, 11) is 0. The van der Waals surface area contributed by atoms with Crippen LogP contribution in [-0.4, -0.2) is 22.2 Å². The van der Waals surface area contributed by atoms with Crippen LogP contribution >= 0.6 is 22.6 Å². The van der Waals surface area contributed by atoms with Crippen LogP contribution in [0.2, 0.25) is 0 Å². The van der Waals surface area contributed by atoms with Gasteiger partial charge >= 0.3 is 11.9 Å². The zero-order valence-corrected chi connectivity index (χ0v) is 10.5. The maximum atomic E-state index is 13.5. The molecule has 0 aliphatic carbocycles. The van der Waals surface area contributed by atoms with Crippen LogP contribution in [0, 0.1) is 3.57 Å². The summed E-state index contributed by atoms with van der Waals surface area (Å²) in [6.07, 6.45) is 0.410. The fourth-order valence-corrected chi connectivity index (χ4v) is 1.33. The van der Waals surface area contributed by atoms with Gasteiger partial charge in [0.25, 0.3) is 0 Å². The molecule has 1 aromatic rings. The second-order valence-corrected chi connectivity index (χ2v) is 4.19. The summed E-state index contributed by atoms with van der Waals surface area (Å²) >= 11 is 2.02. The molecule has 0 aliphatic heterocycles. The number of nitrogens with zero attached hydrogens (tertiary/aromatic N) is 1. The standard InChI is InChI=1S/C10H7FINO4/c11-13(5-8(9(14)15)10(16)17)7-3-1-6(12)2-4-7/h1-5H,(H,14,15)(H,16,17). The first-order chi connectivity index (χ1) is 7.91. The van der Waals surface area contributed by atoms with Crippen molar-refractivity contribution in [2.45, 2.75) is 0 Å². The Hall–Kier alpha value is -1.64. The van der Waals surface area contributed by atoms with Gasteiger partial charge in [0.05, 0.1) is 11.9 Å². The van der Waals surface area contributed by atoms with E-state index in [-0.39, 0.29) is 10.8 Å². The molecular weight excluding hydrogens is 344 g/mol. The third kappa shape index (κ3) is 3.70. The van der Waals surface area contributed by atoms with Gasteiger partial charge in [0, 0.05) is 3.57 Å². The average molecular weight is 351 g/mol. The van der Waals surface area contributed by atoms with Crippen molar-refractivity contribution in [3.8, 4) is 0 Å². The average Bonchev–Trinajstić information content (AvgIpc) is 2.25. The highest BCUT2D eigenvalue weighted by molar-refractivity contribution is 14.1. The van der Waals surface area contributed by atoms with Gasteiger partial charge in [0.2, 0.25) is 0 Å². The maximum Gasteiger partial charge on any atom is 0.344 e. The molecule has 7 heteroatoms. The summed E-state index contributed by atoms with van der Waals surface area (Å²) < 4.78 is 14.3. The van der Waals surface area contributed by atoms with Gasteiger partial charge in [-0.2, -0.15) is 5.12 Å². The number of aliphatic carboxylic acids is 2. The second-order valence-electron chi connectivity index (χ2n) is 2.94. The Morgan fingerprint density at radius 3 is 2.06 bits per heavy atom. The molecule has 2 N–H and O–H groups in total. The number of hydrogen-bond donors (Lipinski definition) is 2. The van der Waals surface area contributed by atoms with E-state index in [2.05, 4.69) is 0 Å². The highest BCUT2D eigenvalue weighted by Gasteiger charge is 2.18. The minimum Gasteiger partial charge on any atom is -0.477 e. The van der Waals surface area contributed by atoms with Crippen molar-refractivity contribution in [1.29, 1.82) is 0 Å². The summed E-state index contributed by atoms with van der Waals surface area (Å²) in [5, 5.41) is 17.0. The molecule has 1 aromatic carbocycles. The minimum atomic E-state index is -1.70. The van der Waals surface area contributed by atoms with Crippen molar-refractivity contribution >= 4 is 40.2 Å². The summed E-state index contributed by atoms with van der Waals surface area (Å²) in [5.41, 5.74) is -1.00. The number of carboxylic acid groups (broad SMARTS) is 2. The normalized spacial score (nSPS) is 9.53. The van der Waals surface area contributed by atoms with Gasteiger partial charge in [-0.15, -0.1) is 0 Å². The van der Waals surface area contributed by atoms with Crippen LogP contribution in [0.5, 0.6) is 0 Å². The zero-order valence-electron chi connectivity index (χ0n) is 8.30. The number of anilines is 1. The number of benzene rings is 1. The molecule has 0 saturated heterocycles. The number of hydrogen-bond acceptors (Lipinski definition) is 3. The molecule has 90 valence electrons. The van der Waals surface area contributed by atoms with Crippen LogP contribution in [0.1, 0.15) is 0 Å². The lowest BCUT2D eigenvalue weighted by Crippen LogP contribution is -2.15. The first kappa shape index (κ1) is 13.4. The van der Waals surface area contributed by atoms with Gasteiger partial charge in [-0.3, -0.25) is 0 Å². The Labute approximate surface area is 109 Å². The summed E-state index contributed by atoms with van der Waals surface area (Å²) in [6, 6.07) is 6.02. The number of carboxylic acids is 2. The number of rotatable bonds is 4. The van der Waals surface area contributed by atoms with Crippen molar-refractivity contribution < 1.29 is 24.3 Å². The van der Waals surface area contributed by atoms with Gasteiger partial charge in [-0.25, -0.2) is 9.59 Å². The topological polar surface area (TPSA) is 77.8 Å². The third-order valence-corrected chi connectivity index (χ3v) is 2.50. The van der Waals surface area contributed by atoms with Gasteiger partial charge in [0.15, 0.2) is 5.57 Å². The summed E-state index contributed by atoms with van der Waals surface area (Å²) in [4.78, 5) is 21.0. The zero-order chi connectivity index (χ0) is 13.0. The lowest BCUT2D eigenvalue weighted by molar-refractivity contribution is -0.140. The van der Waals surface area contributed by atoms with Crippen molar-refractivity contribution in [1.82, 2.24) is 0 Å². The van der Waals surface area contributed by atoms with Crippen molar-refractivity contribution in [2.24, 2.45) is 0 Å². The third-order valence-electron chi connectivity index (χ3n) is 1.78. The molecule has 0 heterocycles. The molecule has 0 amide bonds. The van der Waals surface area contributed by atoms with Gasteiger partial charge in [0.1, 0.15) is 0 Å². The maximum absolute atomic E-state index is 13.5. The van der Waals surface area contributed by atoms with Crippen LogP contribution in [0.25, 0.3) is 0 Å². The Balaban J connectivity index is 3.00. The van der Waals surface area contributed by atoms with Crippen LogP contribution in [-0.2, 0) is 9.59 Å². The smallest absolute Gasteiger partial charge is 0.344 e. The molecule has 1 rings (SSSR count). The van der Waals surface area contributed by atoms with Crippen LogP contribution in [0.15, 0.2) is 36.0 Å². The van der Waals surface area contributed by atoms with E-state index in [0.29, 0.717) is 6.20 Å². The van der Waals surface area contributed by atoms with Gasteiger partial charge < -0.3 is 10.2 Å². The monoisotopic (exact) mass is 351 g/mol. The van der Waals surface area contributed by atoms with E-state index in [4.69, 9.17) is 10.2 Å². The van der Waals surface area contributed by atoms with Crippen molar-refractivity contribution in [2.75, 3.05) is 5.12 Å². The summed E-state index contributed by atoms with van der Waals surface area (Å²) in [6.45, 7) is 0. The lowest BCUT2D eigenvalue weighted by Gasteiger charge is -2.09. The Kier molecular flexibility index (Phi) is 4.44. The van der Waals surface area contributed by atoms with Crippen molar-refractivity contribution in [3.05, 3.63) is 39.6 Å². The predicted molar refractivity (Wildman–Crippen MR) is 66.1 cm³/mol. The van der Waals surface area contributed by atoms with E-state index in [9.17, 15) is 14.1 Å². The molecule has 0 spiro atoms. The molecule has 0 bridgehead atoms. The lowest BCUT2D eigenvalue weighted by atomic mass is 10.3. The van der Waals surface area contributed by atoms with Crippen molar-refractivity contribution in [3.63, 3.8) is 0 Å². The van der Waals surface area contributed by atoms with E-state index >= 15 is 0 Å². The molecule has 0 fully saturated rings. The Bertz CT molecular complexity index is 456. The fourth-order valence-electron chi connectivity index (χ4n) is 0.973. The van der Waals surface area contributed by atoms with Crippen LogP contribution in [0.3, 0.4) is 0 Å². The van der Waals surface area contributed by atoms with E-state index in [0.717, 1.165) is 3.57 Å². The van der Waals surface area contributed by atoms with Gasteiger partial charge in [-0.05, 0) is 46.9 Å². The predicted octanol–water partition coefficient (Wildman–Crippen LogP) is 2.04.